The summed E-state index contributed by atoms with van der Waals surface area (Å²) in [5.41, 5.74) is 6.29. The predicted molar refractivity (Wildman–Crippen MR) is 76.2 cm³/mol. The SMILES string of the molecule is COC(=O)c1c(NC2CCC2)nn(-c2ccncn2)c1N. The minimum atomic E-state index is -0.519. The van der Waals surface area contributed by atoms with Crippen molar-refractivity contribution in [3.63, 3.8) is 0 Å². The molecule has 2 aromatic heterocycles. The summed E-state index contributed by atoms with van der Waals surface area (Å²) in [7, 11) is 1.32. The number of nitrogens with two attached hydrogens (primary N) is 1. The van der Waals surface area contributed by atoms with E-state index in [9.17, 15) is 4.79 Å². The molecule has 2 heterocycles. The minimum Gasteiger partial charge on any atom is -0.465 e. The van der Waals surface area contributed by atoms with Gasteiger partial charge in [0.2, 0.25) is 0 Å². The van der Waals surface area contributed by atoms with E-state index in [1.165, 1.54) is 24.5 Å². The van der Waals surface area contributed by atoms with Crippen molar-refractivity contribution in [3.05, 3.63) is 24.2 Å². The van der Waals surface area contributed by atoms with Crippen molar-refractivity contribution in [3.8, 4) is 5.82 Å². The summed E-state index contributed by atoms with van der Waals surface area (Å²) in [5, 5.41) is 7.60. The largest absolute Gasteiger partial charge is 0.465 e. The average molecular weight is 288 g/mol. The van der Waals surface area contributed by atoms with Gasteiger partial charge in [0.05, 0.1) is 7.11 Å². The van der Waals surface area contributed by atoms with Gasteiger partial charge in [-0.1, -0.05) is 0 Å². The lowest BCUT2D eigenvalue weighted by atomic mass is 9.93. The molecule has 0 saturated heterocycles. The van der Waals surface area contributed by atoms with Gasteiger partial charge in [-0.25, -0.2) is 14.8 Å². The van der Waals surface area contributed by atoms with Gasteiger partial charge in [0.15, 0.2) is 11.6 Å². The van der Waals surface area contributed by atoms with E-state index in [-0.39, 0.29) is 11.4 Å². The van der Waals surface area contributed by atoms with Gasteiger partial charge >= 0.3 is 5.97 Å². The molecule has 0 aliphatic heterocycles. The van der Waals surface area contributed by atoms with Crippen LogP contribution in [-0.2, 0) is 4.74 Å². The van der Waals surface area contributed by atoms with Crippen LogP contribution in [0.15, 0.2) is 18.6 Å². The highest BCUT2D eigenvalue weighted by molar-refractivity contribution is 5.99. The van der Waals surface area contributed by atoms with Crippen molar-refractivity contribution >= 4 is 17.6 Å². The van der Waals surface area contributed by atoms with Crippen LogP contribution in [0, 0.1) is 0 Å². The van der Waals surface area contributed by atoms with Crippen LogP contribution in [0.5, 0.6) is 0 Å². The second kappa shape index (κ2) is 5.39. The number of nitrogen functional groups attached to an aromatic ring is 1. The van der Waals surface area contributed by atoms with Crippen molar-refractivity contribution in [2.24, 2.45) is 0 Å². The number of anilines is 2. The van der Waals surface area contributed by atoms with E-state index in [4.69, 9.17) is 10.5 Å². The first-order valence-electron chi connectivity index (χ1n) is 6.70. The van der Waals surface area contributed by atoms with Gasteiger partial charge in [0, 0.05) is 18.3 Å². The molecule has 8 nitrogen and oxygen atoms in total. The number of carbonyl (C=O) groups excluding carboxylic acids is 1. The van der Waals surface area contributed by atoms with Gasteiger partial charge in [-0.3, -0.25) is 0 Å². The number of nitrogens with zero attached hydrogens (tertiary/aromatic N) is 4. The van der Waals surface area contributed by atoms with Gasteiger partial charge in [-0.15, -0.1) is 5.10 Å². The van der Waals surface area contributed by atoms with Crippen LogP contribution >= 0.6 is 0 Å². The molecule has 1 aliphatic rings. The number of carbonyl (C=O) groups is 1. The fraction of sp³-hybridized carbons (Fsp3) is 0.385. The molecule has 0 amide bonds. The third-order valence-electron chi connectivity index (χ3n) is 3.54. The third kappa shape index (κ3) is 2.39. The average Bonchev–Trinajstić information content (AvgIpc) is 2.80. The summed E-state index contributed by atoms with van der Waals surface area (Å²) in [6, 6.07) is 1.99. The van der Waals surface area contributed by atoms with E-state index in [1.807, 2.05) is 0 Å². The van der Waals surface area contributed by atoms with E-state index in [0.29, 0.717) is 17.7 Å². The Morgan fingerprint density at radius 3 is 2.90 bits per heavy atom. The fourth-order valence-electron chi connectivity index (χ4n) is 2.16. The molecule has 0 unspecified atom stereocenters. The monoisotopic (exact) mass is 288 g/mol. The maximum Gasteiger partial charge on any atom is 0.345 e. The molecule has 1 saturated carbocycles. The Morgan fingerprint density at radius 1 is 1.52 bits per heavy atom. The number of nitrogens with one attached hydrogen (secondary N) is 1. The minimum absolute atomic E-state index is 0.197. The number of esters is 1. The van der Waals surface area contributed by atoms with Gasteiger partial charge in [0.1, 0.15) is 17.7 Å². The Bertz CT molecular complexity index is 650. The molecular formula is C13H16N6O2. The van der Waals surface area contributed by atoms with E-state index in [0.717, 1.165) is 12.8 Å². The van der Waals surface area contributed by atoms with E-state index in [1.54, 1.807) is 12.3 Å². The maximum absolute atomic E-state index is 12.0. The van der Waals surface area contributed by atoms with Crippen molar-refractivity contribution in [2.45, 2.75) is 25.3 Å². The van der Waals surface area contributed by atoms with E-state index < -0.39 is 5.97 Å². The highest BCUT2D eigenvalue weighted by atomic mass is 16.5. The molecule has 0 aromatic carbocycles. The summed E-state index contributed by atoms with van der Waals surface area (Å²) in [6.07, 6.45) is 6.27. The normalized spacial score (nSPS) is 14.5. The fourth-order valence-corrected chi connectivity index (χ4v) is 2.16. The molecule has 110 valence electrons. The number of aromatic nitrogens is 4. The highest BCUT2D eigenvalue weighted by Gasteiger charge is 2.27. The first-order chi connectivity index (χ1) is 10.2. The predicted octanol–water partition coefficient (Wildman–Crippen LogP) is 0.995. The van der Waals surface area contributed by atoms with Crippen LogP contribution in [0.2, 0.25) is 0 Å². The van der Waals surface area contributed by atoms with E-state index in [2.05, 4.69) is 20.4 Å². The van der Waals surface area contributed by atoms with Crippen LogP contribution < -0.4 is 11.1 Å². The summed E-state index contributed by atoms with van der Waals surface area (Å²) >= 11 is 0. The molecule has 3 rings (SSSR count). The summed E-state index contributed by atoms with van der Waals surface area (Å²) in [6.45, 7) is 0. The van der Waals surface area contributed by atoms with Gasteiger partial charge in [-0.05, 0) is 19.3 Å². The molecule has 1 fully saturated rings. The molecule has 8 heteroatoms. The lowest BCUT2D eigenvalue weighted by Crippen LogP contribution is -2.28. The maximum atomic E-state index is 12.0. The summed E-state index contributed by atoms with van der Waals surface area (Å²) in [4.78, 5) is 19.9. The molecule has 21 heavy (non-hydrogen) atoms. The first kappa shape index (κ1) is 13.3. The second-order valence-corrected chi connectivity index (χ2v) is 4.85. The zero-order chi connectivity index (χ0) is 14.8. The van der Waals surface area contributed by atoms with Crippen molar-refractivity contribution in [2.75, 3.05) is 18.2 Å². The first-order valence-corrected chi connectivity index (χ1v) is 6.70. The lowest BCUT2D eigenvalue weighted by molar-refractivity contribution is 0.0603. The zero-order valence-electron chi connectivity index (χ0n) is 11.6. The number of rotatable bonds is 4. The Labute approximate surface area is 121 Å². The van der Waals surface area contributed by atoms with Gasteiger partial charge < -0.3 is 15.8 Å². The second-order valence-electron chi connectivity index (χ2n) is 4.85. The lowest BCUT2D eigenvalue weighted by Gasteiger charge is -2.26. The Morgan fingerprint density at radius 2 is 2.33 bits per heavy atom. The Balaban J connectivity index is 2.03. The Hall–Kier alpha value is -2.64. The molecule has 1 aliphatic carbocycles. The molecule has 2 aromatic rings. The number of hydrogen-bond donors (Lipinski definition) is 2. The van der Waals surface area contributed by atoms with Crippen molar-refractivity contribution in [1.29, 1.82) is 0 Å². The molecule has 3 N–H and O–H groups in total. The van der Waals surface area contributed by atoms with E-state index >= 15 is 0 Å². The summed E-state index contributed by atoms with van der Waals surface area (Å²) < 4.78 is 6.21. The van der Waals surface area contributed by atoms with Gasteiger partial charge in [0.25, 0.3) is 0 Å². The van der Waals surface area contributed by atoms with Crippen LogP contribution in [0.25, 0.3) is 5.82 Å². The molecule has 0 bridgehead atoms. The quantitative estimate of drug-likeness (QED) is 0.808. The highest BCUT2D eigenvalue weighted by Crippen LogP contribution is 2.29. The smallest absolute Gasteiger partial charge is 0.345 e. The van der Waals surface area contributed by atoms with Crippen LogP contribution in [0.3, 0.4) is 0 Å². The van der Waals surface area contributed by atoms with Gasteiger partial charge in [-0.2, -0.15) is 4.68 Å². The van der Waals surface area contributed by atoms with Crippen LogP contribution in [0.1, 0.15) is 29.6 Å². The number of methoxy groups -OCH3 is 1. The topological polar surface area (TPSA) is 108 Å². The van der Waals surface area contributed by atoms with Crippen molar-refractivity contribution in [1.82, 2.24) is 19.7 Å². The number of hydrogen-bond acceptors (Lipinski definition) is 7. The molecule has 0 radical (unpaired) electrons. The van der Waals surface area contributed by atoms with Crippen LogP contribution in [-0.4, -0.2) is 38.9 Å². The molecule has 0 spiro atoms. The Kier molecular flexibility index (Phi) is 3.43. The summed E-state index contributed by atoms with van der Waals surface area (Å²) in [5.74, 6) is 0.606. The zero-order valence-corrected chi connectivity index (χ0v) is 11.6. The third-order valence-corrected chi connectivity index (χ3v) is 3.54. The number of ether oxygens (including phenoxy) is 1. The molecule has 0 atom stereocenters. The van der Waals surface area contributed by atoms with Crippen molar-refractivity contribution < 1.29 is 9.53 Å². The van der Waals surface area contributed by atoms with Crippen LogP contribution in [0.4, 0.5) is 11.6 Å². The molecular weight excluding hydrogens is 272 g/mol. The standard InChI is InChI=1S/C13H16N6O2/c1-21-13(20)10-11(14)19(9-5-6-15-7-16-9)18-12(10)17-8-3-2-4-8/h5-8H,2-4,14H2,1H3,(H,17,18).